The van der Waals surface area contributed by atoms with Gasteiger partial charge in [-0.25, -0.2) is 4.79 Å². The van der Waals surface area contributed by atoms with Crippen LogP contribution in [0, 0.1) is 11.8 Å². The molecule has 1 atom stereocenters. The van der Waals surface area contributed by atoms with Gasteiger partial charge in [0, 0.05) is 23.4 Å². The van der Waals surface area contributed by atoms with Crippen LogP contribution in [0.3, 0.4) is 0 Å². The Morgan fingerprint density at radius 1 is 0.947 bits per heavy atom. The van der Waals surface area contributed by atoms with Crippen LogP contribution in [0.4, 0.5) is 11.4 Å². The summed E-state index contributed by atoms with van der Waals surface area (Å²) in [7, 11) is 0. The third-order valence-electron chi connectivity index (χ3n) is 7.45. The maximum Gasteiger partial charge on any atom is 0.330 e. The Kier molecular flexibility index (Phi) is 11.7. The zero-order valence-electron chi connectivity index (χ0n) is 23.0. The van der Waals surface area contributed by atoms with Gasteiger partial charge in [0.05, 0.1) is 12.5 Å². The standard InChI is InChI=1S/C32H44N2O4/c1-3-4-5-6-7-8-24-9-14-26(15-10-24)32(36)38-30-16-11-25(12-17-30)13-18-31(35)37-22-23(2)27-19-28(33)21-29(34)20-27/h11-13,16-21,23-24,26H,3-10,14-15,22,33-34H2,1-2H3. The summed E-state index contributed by atoms with van der Waals surface area (Å²) < 4.78 is 11.0. The second-order valence-corrected chi connectivity index (χ2v) is 10.7. The lowest BCUT2D eigenvalue weighted by atomic mass is 9.80. The Morgan fingerprint density at radius 3 is 2.26 bits per heavy atom. The van der Waals surface area contributed by atoms with E-state index in [1.807, 2.05) is 31.2 Å². The highest BCUT2D eigenvalue weighted by molar-refractivity contribution is 5.87. The monoisotopic (exact) mass is 520 g/mol. The van der Waals surface area contributed by atoms with Crippen molar-refractivity contribution in [3.63, 3.8) is 0 Å². The first-order valence-electron chi connectivity index (χ1n) is 14.2. The molecule has 206 valence electrons. The molecule has 1 aliphatic rings. The van der Waals surface area contributed by atoms with Crippen LogP contribution in [-0.2, 0) is 14.3 Å². The fourth-order valence-electron chi connectivity index (χ4n) is 5.07. The van der Waals surface area contributed by atoms with E-state index in [0.29, 0.717) is 17.1 Å². The predicted molar refractivity (Wildman–Crippen MR) is 155 cm³/mol. The second kappa shape index (κ2) is 15.2. The van der Waals surface area contributed by atoms with Gasteiger partial charge in [0.15, 0.2) is 0 Å². The van der Waals surface area contributed by atoms with Crippen molar-refractivity contribution in [3.05, 3.63) is 59.7 Å². The van der Waals surface area contributed by atoms with Gasteiger partial charge in [0.1, 0.15) is 5.75 Å². The predicted octanol–water partition coefficient (Wildman–Crippen LogP) is 7.28. The number of nitrogen functional groups attached to an aromatic ring is 2. The number of hydrogen-bond acceptors (Lipinski definition) is 6. The van der Waals surface area contributed by atoms with Crippen LogP contribution in [-0.4, -0.2) is 18.5 Å². The molecule has 0 aromatic heterocycles. The van der Waals surface area contributed by atoms with E-state index in [1.54, 1.807) is 24.3 Å². The number of esters is 2. The first-order valence-corrected chi connectivity index (χ1v) is 14.2. The third kappa shape index (κ3) is 9.88. The van der Waals surface area contributed by atoms with E-state index in [4.69, 9.17) is 20.9 Å². The average molecular weight is 521 g/mol. The van der Waals surface area contributed by atoms with Gasteiger partial charge in [-0.1, -0.05) is 64.5 Å². The van der Waals surface area contributed by atoms with Gasteiger partial charge in [-0.2, -0.15) is 0 Å². The summed E-state index contributed by atoms with van der Waals surface area (Å²) in [6.45, 7) is 4.42. The highest BCUT2D eigenvalue weighted by atomic mass is 16.5. The molecule has 0 bridgehead atoms. The van der Waals surface area contributed by atoms with E-state index in [1.165, 1.54) is 44.6 Å². The Balaban J connectivity index is 1.37. The number of carbonyl (C=O) groups excluding carboxylic acids is 2. The highest BCUT2D eigenvalue weighted by Gasteiger charge is 2.27. The smallest absolute Gasteiger partial charge is 0.330 e. The van der Waals surface area contributed by atoms with Crippen LogP contribution in [0.5, 0.6) is 5.75 Å². The van der Waals surface area contributed by atoms with Gasteiger partial charge in [-0.15, -0.1) is 0 Å². The van der Waals surface area contributed by atoms with Gasteiger partial charge in [-0.05, 0) is 79.1 Å². The van der Waals surface area contributed by atoms with Gasteiger partial charge >= 0.3 is 11.9 Å². The summed E-state index contributed by atoms with van der Waals surface area (Å²) in [5, 5.41) is 0. The molecule has 0 heterocycles. The SMILES string of the molecule is CCCCCCCC1CCC(C(=O)Oc2ccc(C=CC(=O)OCC(C)c3cc(N)cc(N)c3)cc2)CC1. The number of benzene rings is 2. The van der Waals surface area contributed by atoms with Crippen LogP contribution in [0.1, 0.15) is 95.1 Å². The molecule has 3 rings (SSSR count). The van der Waals surface area contributed by atoms with Crippen molar-refractivity contribution in [2.24, 2.45) is 11.8 Å². The molecule has 1 fully saturated rings. The molecule has 2 aromatic carbocycles. The maximum absolute atomic E-state index is 12.7. The van der Waals surface area contributed by atoms with Crippen molar-refractivity contribution >= 4 is 29.4 Å². The molecule has 4 N–H and O–H groups in total. The summed E-state index contributed by atoms with van der Waals surface area (Å²) in [5.74, 6) is 0.695. The average Bonchev–Trinajstić information content (AvgIpc) is 2.91. The minimum atomic E-state index is -0.430. The molecular weight excluding hydrogens is 476 g/mol. The minimum absolute atomic E-state index is 0.00755. The highest BCUT2D eigenvalue weighted by Crippen LogP contribution is 2.33. The van der Waals surface area contributed by atoms with Crippen LogP contribution in [0.2, 0.25) is 0 Å². The fourth-order valence-corrected chi connectivity index (χ4v) is 5.07. The molecule has 6 nitrogen and oxygen atoms in total. The van der Waals surface area contributed by atoms with E-state index in [0.717, 1.165) is 42.7 Å². The summed E-state index contributed by atoms with van der Waals surface area (Å²) in [5.41, 5.74) is 14.6. The van der Waals surface area contributed by atoms with Gasteiger partial charge in [0.25, 0.3) is 0 Å². The fraction of sp³-hybridized carbons (Fsp3) is 0.500. The summed E-state index contributed by atoms with van der Waals surface area (Å²) in [6, 6.07) is 12.5. The summed E-state index contributed by atoms with van der Waals surface area (Å²) in [6.07, 6.45) is 15.1. The van der Waals surface area contributed by atoms with Crippen molar-refractivity contribution < 1.29 is 19.1 Å². The molecule has 0 amide bonds. The zero-order chi connectivity index (χ0) is 27.3. The Morgan fingerprint density at radius 2 is 1.61 bits per heavy atom. The molecule has 0 spiro atoms. The molecule has 1 unspecified atom stereocenters. The minimum Gasteiger partial charge on any atom is -0.462 e. The van der Waals surface area contributed by atoms with Crippen molar-refractivity contribution in [2.75, 3.05) is 18.1 Å². The number of rotatable bonds is 13. The first kappa shape index (κ1) is 29.3. The molecule has 1 aliphatic carbocycles. The second-order valence-electron chi connectivity index (χ2n) is 10.7. The molecule has 1 saturated carbocycles. The number of anilines is 2. The molecular formula is C32H44N2O4. The van der Waals surface area contributed by atoms with Crippen LogP contribution < -0.4 is 16.2 Å². The lowest BCUT2D eigenvalue weighted by Gasteiger charge is -2.27. The zero-order valence-corrected chi connectivity index (χ0v) is 23.0. The van der Waals surface area contributed by atoms with Gasteiger partial charge in [-0.3, -0.25) is 4.79 Å². The summed E-state index contributed by atoms with van der Waals surface area (Å²) >= 11 is 0. The molecule has 2 aromatic rings. The van der Waals surface area contributed by atoms with Crippen LogP contribution in [0.25, 0.3) is 6.08 Å². The lowest BCUT2D eigenvalue weighted by molar-refractivity contribution is -0.140. The topological polar surface area (TPSA) is 105 Å². The largest absolute Gasteiger partial charge is 0.462 e. The lowest BCUT2D eigenvalue weighted by Crippen LogP contribution is -2.25. The quantitative estimate of drug-likeness (QED) is 0.0945. The number of carbonyl (C=O) groups is 2. The van der Waals surface area contributed by atoms with Crippen molar-refractivity contribution in [1.29, 1.82) is 0 Å². The molecule has 6 heteroatoms. The Hall–Kier alpha value is -3.28. The van der Waals surface area contributed by atoms with Crippen LogP contribution in [0.15, 0.2) is 48.5 Å². The molecule has 0 aliphatic heterocycles. The number of hydrogen-bond donors (Lipinski definition) is 2. The Bertz CT molecular complexity index is 1040. The first-order chi connectivity index (χ1) is 18.3. The van der Waals surface area contributed by atoms with E-state index in [9.17, 15) is 9.59 Å². The molecule has 38 heavy (non-hydrogen) atoms. The maximum atomic E-state index is 12.7. The number of unbranched alkanes of at least 4 members (excludes halogenated alkanes) is 4. The molecule has 0 radical (unpaired) electrons. The van der Waals surface area contributed by atoms with Crippen molar-refractivity contribution in [2.45, 2.75) is 84.0 Å². The van der Waals surface area contributed by atoms with Crippen molar-refractivity contribution in [1.82, 2.24) is 0 Å². The van der Waals surface area contributed by atoms with E-state index >= 15 is 0 Å². The van der Waals surface area contributed by atoms with E-state index < -0.39 is 5.97 Å². The third-order valence-corrected chi connectivity index (χ3v) is 7.45. The van der Waals surface area contributed by atoms with E-state index in [-0.39, 0.29) is 24.4 Å². The van der Waals surface area contributed by atoms with Gasteiger partial charge < -0.3 is 20.9 Å². The van der Waals surface area contributed by atoms with E-state index in [2.05, 4.69) is 6.92 Å². The van der Waals surface area contributed by atoms with Crippen LogP contribution >= 0.6 is 0 Å². The Labute approximate surface area is 227 Å². The number of nitrogens with two attached hydrogens (primary N) is 2. The molecule has 0 saturated heterocycles. The van der Waals surface area contributed by atoms with Gasteiger partial charge in [0.2, 0.25) is 0 Å². The summed E-state index contributed by atoms with van der Waals surface area (Å²) in [4.78, 5) is 24.8. The number of ether oxygens (including phenoxy) is 2. The van der Waals surface area contributed by atoms with Crippen molar-refractivity contribution in [3.8, 4) is 5.75 Å². The normalized spacial score (nSPS) is 18.3.